The third kappa shape index (κ3) is 7.91. The predicted octanol–water partition coefficient (Wildman–Crippen LogP) is 3.90. The lowest BCUT2D eigenvalue weighted by molar-refractivity contribution is -0.0398. The van der Waals surface area contributed by atoms with Crippen LogP contribution in [0.1, 0.15) is 89.1 Å². The average Bonchev–Trinajstić information content (AvgIpc) is 3.28. The molecule has 0 aromatic carbocycles. The number of carbonyl (C=O) groups is 1. The van der Waals surface area contributed by atoms with Crippen LogP contribution in [0.15, 0.2) is 6.20 Å². The van der Waals surface area contributed by atoms with Crippen molar-refractivity contribution in [1.29, 1.82) is 0 Å². The number of hydrogen-bond acceptors (Lipinski definition) is 7. The van der Waals surface area contributed by atoms with Crippen molar-refractivity contribution in [2.75, 3.05) is 53.0 Å². The normalized spacial score (nSPS) is 26.2. The standard InChI is InChI=1S/C27H47N5O4/c1-27(2,3)36-26(33)28-12-13-30(4)20-24-23(19-32(29-24)25-7-5-6-16-35-25)21-8-10-22(11-9-21)31-14-17-34-18-15-31/h19,21-22,25H,5-18,20H2,1-4H3,(H,28,33). The second-order valence-corrected chi connectivity index (χ2v) is 11.7. The number of nitrogens with zero attached hydrogens (tertiary/aromatic N) is 4. The molecule has 0 bridgehead atoms. The maximum absolute atomic E-state index is 12.0. The smallest absolute Gasteiger partial charge is 0.407 e. The Hall–Kier alpha value is -1.68. The van der Waals surface area contributed by atoms with E-state index in [1.165, 1.54) is 37.7 Å². The highest BCUT2D eigenvalue weighted by Crippen LogP contribution is 2.37. The van der Waals surface area contributed by atoms with Crippen LogP contribution in [0.2, 0.25) is 0 Å². The first-order valence-electron chi connectivity index (χ1n) is 14.0. The minimum Gasteiger partial charge on any atom is -0.444 e. The molecule has 1 aromatic heterocycles. The van der Waals surface area contributed by atoms with Gasteiger partial charge in [-0.25, -0.2) is 9.48 Å². The van der Waals surface area contributed by atoms with Gasteiger partial charge in [0.15, 0.2) is 0 Å². The zero-order valence-corrected chi connectivity index (χ0v) is 22.8. The summed E-state index contributed by atoms with van der Waals surface area (Å²) >= 11 is 0. The summed E-state index contributed by atoms with van der Waals surface area (Å²) < 4.78 is 19.1. The first-order chi connectivity index (χ1) is 17.3. The minimum atomic E-state index is -0.486. The van der Waals surface area contributed by atoms with Crippen molar-refractivity contribution >= 4 is 6.09 Å². The predicted molar refractivity (Wildman–Crippen MR) is 139 cm³/mol. The quantitative estimate of drug-likeness (QED) is 0.574. The van der Waals surface area contributed by atoms with Crippen LogP contribution in [0.5, 0.6) is 0 Å². The topological polar surface area (TPSA) is 81.1 Å². The number of alkyl carbamates (subject to hydrolysis) is 1. The minimum absolute atomic E-state index is 0.0510. The van der Waals surface area contributed by atoms with Gasteiger partial charge in [0.25, 0.3) is 0 Å². The number of likely N-dealkylation sites (N-methyl/N-ethyl adjacent to an activating group) is 1. The summed E-state index contributed by atoms with van der Waals surface area (Å²) in [5.41, 5.74) is 2.05. The molecule has 0 spiro atoms. The van der Waals surface area contributed by atoms with E-state index in [1.54, 1.807) is 0 Å². The number of morpholine rings is 1. The second kappa shape index (κ2) is 12.7. The summed E-state index contributed by atoms with van der Waals surface area (Å²) in [6.45, 7) is 12.3. The Morgan fingerprint density at radius 2 is 1.89 bits per heavy atom. The van der Waals surface area contributed by atoms with Crippen LogP contribution in [0, 0.1) is 0 Å². The summed E-state index contributed by atoms with van der Waals surface area (Å²) in [5.74, 6) is 0.544. The summed E-state index contributed by atoms with van der Waals surface area (Å²) in [7, 11) is 2.09. The van der Waals surface area contributed by atoms with E-state index in [1.807, 2.05) is 20.8 Å². The van der Waals surface area contributed by atoms with Crippen LogP contribution in [0.4, 0.5) is 4.79 Å². The van der Waals surface area contributed by atoms with Crippen LogP contribution in [0.25, 0.3) is 0 Å². The molecule has 1 aromatic rings. The van der Waals surface area contributed by atoms with E-state index in [-0.39, 0.29) is 12.3 Å². The second-order valence-electron chi connectivity index (χ2n) is 11.7. The molecule has 0 radical (unpaired) electrons. The van der Waals surface area contributed by atoms with Crippen LogP contribution in [-0.4, -0.2) is 90.4 Å². The molecule has 1 saturated carbocycles. The fraction of sp³-hybridized carbons (Fsp3) is 0.852. The molecule has 1 aliphatic carbocycles. The van der Waals surface area contributed by atoms with Crippen molar-refractivity contribution in [2.24, 2.45) is 0 Å². The van der Waals surface area contributed by atoms with Gasteiger partial charge in [0.05, 0.1) is 18.9 Å². The van der Waals surface area contributed by atoms with Gasteiger partial charge in [0.1, 0.15) is 11.8 Å². The van der Waals surface area contributed by atoms with Crippen molar-refractivity contribution in [3.05, 3.63) is 17.5 Å². The fourth-order valence-corrected chi connectivity index (χ4v) is 5.68. The molecule has 9 nitrogen and oxygen atoms in total. The van der Waals surface area contributed by atoms with E-state index in [0.29, 0.717) is 18.5 Å². The summed E-state index contributed by atoms with van der Waals surface area (Å²) in [4.78, 5) is 16.8. The Morgan fingerprint density at radius 3 is 2.56 bits per heavy atom. The first kappa shape index (κ1) is 27.4. The molecule has 1 unspecified atom stereocenters. The SMILES string of the molecule is CN(CCNC(=O)OC(C)(C)C)Cc1nn(C2CCCCO2)cc1C1CCC(N2CCOCC2)CC1. The summed E-state index contributed by atoms with van der Waals surface area (Å²) in [5, 5.41) is 7.93. The Morgan fingerprint density at radius 1 is 1.14 bits per heavy atom. The van der Waals surface area contributed by atoms with E-state index in [9.17, 15) is 4.79 Å². The molecule has 1 amide bonds. The lowest BCUT2D eigenvalue weighted by atomic mass is 9.81. The van der Waals surface area contributed by atoms with Crippen LogP contribution < -0.4 is 5.32 Å². The van der Waals surface area contributed by atoms with Crippen LogP contribution in [-0.2, 0) is 20.8 Å². The van der Waals surface area contributed by atoms with Gasteiger partial charge in [-0.15, -0.1) is 0 Å². The lowest BCUT2D eigenvalue weighted by Crippen LogP contribution is -2.44. The number of aromatic nitrogens is 2. The van der Waals surface area contributed by atoms with Gasteiger partial charge in [-0.2, -0.15) is 5.10 Å². The molecule has 9 heteroatoms. The Kier molecular flexibility index (Phi) is 9.66. The highest BCUT2D eigenvalue weighted by molar-refractivity contribution is 5.67. The fourth-order valence-electron chi connectivity index (χ4n) is 5.68. The molecule has 1 N–H and O–H groups in total. The van der Waals surface area contributed by atoms with Crippen molar-refractivity contribution in [3.8, 4) is 0 Å². The van der Waals surface area contributed by atoms with Gasteiger partial charge in [-0.05, 0) is 84.2 Å². The summed E-state index contributed by atoms with van der Waals surface area (Å²) in [6.07, 6.45) is 10.2. The Balaban J connectivity index is 1.36. The number of carbonyl (C=O) groups excluding carboxylic acids is 1. The molecular formula is C27H47N5O4. The maximum atomic E-state index is 12.0. The van der Waals surface area contributed by atoms with Gasteiger partial charge in [-0.1, -0.05) is 0 Å². The molecule has 4 rings (SSSR count). The Bertz CT molecular complexity index is 819. The first-order valence-corrected chi connectivity index (χ1v) is 14.0. The molecule has 3 heterocycles. The maximum Gasteiger partial charge on any atom is 0.407 e. The highest BCUT2D eigenvalue weighted by atomic mass is 16.6. The molecule has 204 valence electrons. The zero-order chi connectivity index (χ0) is 25.5. The van der Waals surface area contributed by atoms with Gasteiger partial charge in [0.2, 0.25) is 0 Å². The molecule has 1 atom stereocenters. The van der Waals surface area contributed by atoms with Gasteiger partial charge < -0.3 is 19.5 Å². The van der Waals surface area contributed by atoms with Crippen molar-refractivity contribution in [1.82, 2.24) is 24.9 Å². The van der Waals surface area contributed by atoms with Gasteiger partial charge in [-0.3, -0.25) is 9.80 Å². The number of nitrogens with one attached hydrogen (secondary N) is 1. The van der Waals surface area contributed by atoms with E-state index >= 15 is 0 Å². The number of ether oxygens (including phenoxy) is 3. The average molecular weight is 506 g/mol. The largest absolute Gasteiger partial charge is 0.444 e. The van der Waals surface area contributed by atoms with E-state index in [0.717, 1.165) is 64.5 Å². The van der Waals surface area contributed by atoms with E-state index < -0.39 is 5.60 Å². The number of rotatable bonds is 8. The van der Waals surface area contributed by atoms with Crippen molar-refractivity contribution in [3.63, 3.8) is 0 Å². The monoisotopic (exact) mass is 505 g/mol. The molecule has 2 aliphatic heterocycles. The number of amides is 1. The van der Waals surface area contributed by atoms with Crippen molar-refractivity contribution < 1.29 is 19.0 Å². The van der Waals surface area contributed by atoms with Gasteiger partial charge >= 0.3 is 6.09 Å². The van der Waals surface area contributed by atoms with Gasteiger partial charge in [0, 0.05) is 51.6 Å². The highest BCUT2D eigenvalue weighted by Gasteiger charge is 2.31. The molecular weight excluding hydrogens is 458 g/mol. The van der Waals surface area contributed by atoms with Crippen molar-refractivity contribution in [2.45, 2.75) is 96.1 Å². The summed E-state index contributed by atoms with van der Waals surface area (Å²) in [6, 6.07) is 0.687. The Labute approximate surface area is 216 Å². The van der Waals surface area contributed by atoms with Crippen LogP contribution in [0.3, 0.4) is 0 Å². The lowest BCUT2D eigenvalue weighted by Gasteiger charge is -2.38. The molecule has 3 fully saturated rings. The molecule has 3 aliphatic rings. The van der Waals surface area contributed by atoms with E-state index in [2.05, 4.69) is 33.0 Å². The molecule has 36 heavy (non-hydrogen) atoms. The number of hydrogen-bond donors (Lipinski definition) is 1. The van der Waals surface area contributed by atoms with Crippen LogP contribution >= 0.6 is 0 Å². The third-order valence-electron chi connectivity index (χ3n) is 7.57. The third-order valence-corrected chi connectivity index (χ3v) is 7.57. The van der Waals surface area contributed by atoms with E-state index in [4.69, 9.17) is 19.3 Å². The zero-order valence-electron chi connectivity index (χ0n) is 22.8. The molecule has 2 saturated heterocycles.